The molecule has 0 N–H and O–H groups in total. The van der Waals surface area contributed by atoms with Crippen molar-refractivity contribution >= 4 is 114 Å². The molecule has 11 aromatic rings. The summed E-state index contributed by atoms with van der Waals surface area (Å²) < 4.78 is 14.2. The fourth-order valence-electron chi connectivity index (χ4n) is 12.2. The summed E-state index contributed by atoms with van der Waals surface area (Å²) >= 11 is 0. The molecule has 8 heteroatoms. The third-order valence-corrected chi connectivity index (χ3v) is 15.0. The lowest BCUT2D eigenvalue weighted by molar-refractivity contribution is 0.461. The van der Waals surface area contributed by atoms with E-state index in [1.807, 2.05) is 24.3 Å². The fourth-order valence-corrected chi connectivity index (χ4v) is 12.2. The molecule has 4 aliphatic heterocycles. The zero-order valence-corrected chi connectivity index (χ0v) is 40.2. The highest BCUT2D eigenvalue weighted by Crippen LogP contribution is 2.49. The minimum Gasteiger partial charge on any atom is -0.457 e. The monoisotopic (exact) mass is 946 g/mol. The van der Waals surface area contributed by atoms with E-state index in [9.17, 15) is 0 Å². The molecule has 6 nitrogen and oxygen atoms in total. The van der Waals surface area contributed by atoms with E-state index in [2.05, 4.69) is 262 Å². The molecule has 0 saturated carbocycles. The van der Waals surface area contributed by atoms with Crippen LogP contribution in [0.4, 0.5) is 68.2 Å². The van der Waals surface area contributed by atoms with Crippen LogP contribution in [0.15, 0.2) is 267 Å². The Morgan fingerprint density at radius 1 is 0.216 bits per heavy atom. The van der Waals surface area contributed by atoms with Crippen LogP contribution in [-0.2, 0) is 0 Å². The summed E-state index contributed by atoms with van der Waals surface area (Å²) in [5, 5.41) is 0. The van der Waals surface area contributed by atoms with Gasteiger partial charge in [0, 0.05) is 98.6 Å². The van der Waals surface area contributed by atoms with E-state index in [-0.39, 0.29) is 13.4 Å². The van der Waals surface area contributed by atoms with E-state index in [1.165, 1.54) is 32.8 Å². The topological polar surface area (TPSA) is 31.4 Å². The Balaban J connectivity index is 0.875. The lowest BCUT2D eigenvalue weighted by Gasteiger charge is -2.44. The highest BCUT2D eigenvalue weighted by atomic mass is 16.5. The molecule has 0 fully saturated rings. The minimum atomic E-state index is 0.00724. The van der Waals surface area contributed by atoms with Crippen LogP contribution in [0.3, 0.4) is 0 Å². The first-order valence-electron chi connectivity index (χ1n) is 25.3. The highest BCUT2D eigenvalue weighted by molar-refractivity contribution is 7.01. The van der Waals surface area contributed by atoms with Crippen LogP contribution < -0.4 is 61.9 Å². The van der Waals surface area contributed by atoms with Crippen molar-refractivity contribution in [3.05, 3.63) is 267 Å². The molecular weight excluding hydrogens is 902 g/mol. The van der Waals surface area contributed by atoms with Crippen molar-refractivity contribution in [2.75, 3.05) is 19.6 Å². The van der Waals surface area contributed by atoms with Crippen LogP contribution in [0.2, 0.25) is 0 Å². The second kappa shape index (κ2) is 17.0. The summed E-state index contributed by atoms with van der Waals surface area (Å²) in [6.45, 7) is 0.0145. The van der Waals surface area contributed by atoms with E-state index < -0.39 is 0 Å². The van der Waals surface area contributed by atoms with Gasteiger partial charge in [-0.05, 0) is 118 Å². The van der Waals surface area contributed by atoms with Crippen molar-refractivity contribution in [3.8, 4) is 23.0 Å². The Labute approximate surface area is 431 Å². The number of fused-ring (bicyclic) bond motifs is 8. The minimum absolute atomic E-state index is 0.00724. The first-order valence-corrected chi connectivity index (χ1v) is 25.3. The predicted octanol–water partition coefficient (Wildman–Crippen LogP) is 13.4. The average Bonchev–Trinajstić information content (AvgIpc) is 3.47. The van der Waals surface area contributed by atoms with Gasteiger partial charge in [-0.2, -0.15) is 0 Å². The zero-order valence-electron chi connectivity index (χ0n) is 40.2. The Bertz CT molecular complexity index is 3490. The van der Waals surface area contributed by atoms with Crippen LogP contribution in [0.25, 0.3) is 0 Å². The molecular formula is C66H44B2N4O2. The molecule has 74 heavy (non-hydrogen) atoms. The number of rotatable bonds is 8. The third kappa shape index (κ3) is 6.62. The molecule has 0 aliphatic carbocycles. The SMILES string of the molecule is c1ccc(N2c3ccccc3B3c4ccccc4N(c4ccccc4)c4cc(Oc5cccc(Oc6cc7c8c(c6)N(c6ccccc6)c6ccccc6B8c6ccccc6N7c6ccccc6)c5)cc2c43)cc1. The Hall–Kier alpha value is -9.65. The Kier molecular flexibility index (Phi) is 9.67. The van der Waals surface area contributed by atoms with Gasteiger partial charge in [0.2, 0.25) is 0 Å². The van der Waals surface area contributed by atoms with Crippen LogP contribution in [0.1, 0.15) is 0 Å². The number of ether oxygens (including phenoxy) is 2. The number of nitrogens with zero attached hydrogens (tertiary/aromatic N) is 4. The van der Waals surface area contributed by atoms with Gasteiger partial charge in [-0.1, -0.05) is 152 Å². The second-order valence-corrected chi connectivity index (χ2v) is 19.2. The van der Waals surface area contributed by atoms with E-state index in [4.69, 9.17) is 9.47 Å². The van der Waals surface area contributed by atoms with Crippen LogP contribution in [-0.4, -0.2) is 13.4 Å². The smallest absolute Gasteiger partial charge is 0.252 e. The molecule has 0 aromatic heterocycles. The zero-order chi connectivity index (χ0) is 48.7. The Morgan fingerprint density at radius 3 is 0.757 bits per heavy atom. The number of benzene rings is 11. The first kappa shape index (κ1) is 42.1. The lowest BCUT2D eigenvalue weighted by Crippen LogP contribution is -2.61. The number of anilines is 12. The molecule has 0 radical (unpaired) electrons. The molecule has 0 bridgehead atoms. The molecule has 0 atom stereocenters. The number of para-hydroxylation sites is 8. The molecule has 0 amide bonds. The van der Waals surface area contributed by atoms with Crippen molar-refractivity contribution in [2.45, 2.75) is 0 Å². The van der Waals surface area contributed by atoms with E-state index >= 15 is 0 Å². The van der Waals surface area contributed by atoms with Crippen molar-refractivity contribution in [3.63, 3.8) is 0 Å². The van der Waals surface area contributed by atoms with Crippen LogP contribution in [0, 0.1) is 0 Å². The van der Waals surface area contributed by atoms with Gasteiger partial charge in [-0.3, -0.25) is 0 Å². The Morgan fingerprint density at radius 2 is 0.473 bits per heavy atom. The normalized spacial score (nSPS) is 13.2. The molecule has 0 unspecified atom stereocenters. The summed E-state index contributed by atoms with van der Waals surface area (Å²) in [5.41, 5.74) is 20.8. The standard InChI is InChI=1S/C66H44B2N4O2/c1-5-22-45(23-6-1)69-57-36-17-13-32-53(57)67-54-33-14-18-37-58(54)70(46-24-7-2-8-25-46)62-42-51(41-61(69)65(62)67)73-49-30-21-31-50(40-49)74-52-43-63-66-64(44-52)72(48-28-11-4-12-29-48)60-39-20-16-35-56(60)68(66)55-34-15-19-38-59(55)71(63)47-26-9-3-10-27-47/h1-44H. The molecule has 0 spiro atoms. The molecule has 15 rings (SSSR count). The summed E-state index contributed by atoms with van der Waals surface area (Å²) in [5.74, 6) is 2.76. The van der Waals surface area contributed by atoms with Gasteiger partial charge >= 0.3 is 0 Å². The quantitative estimate of drug-likeness (QED) is 0.141. The van der Waals surface area contributed by atoms with Crippen molar-refractivity contribution in [1.29, 1.82) is 0 Å². The number of hydrogen-bond donors (Lipinski definition) is 0. The van der Waals surface area contributed by atoms with Gasteiger partial charge < -0.3 is 29.1 Å². The highest BCUT2D eigenvalue weighted by Gasteiger charge is 2.45. The lowest BCUT2D eigenvalue weighted by atomic mass is 9.33. The number of hydrogen-bond acceptors (Lipinski definition) is 6. The first-order chi connectivity index (χ1) is 36.7. The van der Waals surface area contributed by atoms with E-state index in [1.54, 1.807) is 0 Å². The van der Waals surface area contributed by atoms with Crippen LogP contribution in [0.5, 0.6) is 23.0 Å². The van der Waals surface area contributed by atoms with Crippen molar-refractivity contribution in [2.24, 2.45) is 0 Å². The second-order valence-electron chi connectivity index (χ2n) is 19.2. The predicted molar refractivity (Wildman–Crippen MR) is 308 cm³/mol. The van der Waals surface area contributed by atoms with E-state index in [0.29, 0.717) is 23.0 Å². The van der Waals surface area contributed by atoms with Gasteiger partial charge in [0.25, 0.3) is 13.4 Å². The summed E-state index contributed by atoms with van der Waals surface area (Å²) in [6, 6.07) is 95.0. The summed E-state index contributed by atoms with van der Waals surface area (Å²) in [7, 11) is 0. The molecule has 0 saturated heterocycles. The van der Waals surface area contributed by atoms with Crippen molar-refractivity contribution in [1.82, 2.24) is 0 Å². The fraction of sp³-hybridized carbons (Fsp3) is 0. The van der Waals surface area contributed by atoms with E-state index in [0.717, 1.165) is 68.2 Å². The summed E-state index contributed by atoms with van der Waals surface area (Å²) in [4.78, 5) is 9.59. The van der Waals surface area contributed by atoms with Gasteiger partial charge in [-0.25, -0.2) is 0 Å². The molecule has 346 valence electrons. The maximum atomic E-state index is 7.11. The summed E-state index contributed by atoms with van der Waals surface area (Å²) in [6.07, 6.45) is 0. The molecule has 4 aliphatic rings. The third-order valence-electron chi connectivity index (χ3n) is 15.0. The molecule has 4 heterocycles. The van der Waals surface area contributed by atoms with Gasteiger partial charge in [-0.15, -0.1) is 0 Å². The van der Waals surface area contributed by atoms with Gasteiger partial charge in [0.1, 0.15) is 23.0 Å². The van der Waals surface area contributed by atoms with Gasteiger partial charge in [0.15, 0.2) is 0 Å². The van der Waals surface area contributed by atoms with Crippen LogP contribution >= 0.6 is 0 Å². The largest absolute Gasteiger partial charge is 0.457 e. The van der Waals surface area contributed by atoms with Gasteiger partial charge in [0.05, 0.1) is 0 Å². The molecule has 11 aromatic carbocycles. The van der Waals surface area contributed by atoms with Crippen molar-refractivity contribution < 1.29 is 9.47 Å². The average molecular weight is 947 g/mol. The maximum Gasteiger partial charge on any atom is 0.252 e. The maximum absolute atomic E-state index is 7.11.